The Labute approximate surface area is 99.7 Å². The van der Waals surface area contributed by atoms with Gasteiger partial charge >= 0.3 is 0 Å². The molecule has 2 N–H and O–H groups in total. The summed E-state index contributed by atoms with van der Waals surface area (Å²) in [5, 5.41) is 5.37. The Morgan fingerprint density at radius 1 is 1.29 bits per heavy atom. The molecule has 2 rings (SSSR count). The van der Waals surface area contributed by atoms with E-state index in [1.165, 1.54) is 4.90 Å². The zero-order valence-electron chi connectivity index (χ0n) is 10.0. The number of hydrogen-bond donors (Lipinski definition) is 2. The second-order valence-electron chi connectivity index (χ2n) is 4.80. The van der Waals surface area contributed by atoms with Crippen molar-refractivity contribution < 1.29 is 14.4 Å². The Hall–Kier alpha value is -1.43. The minimum Gasteiger partial charge on any atom is -0.321 e. The average Bonchev–Trinajstić information content (AvgIpc) is 2.69. The summed E-state index contributed by atoms with van der Waals surface area (Å²) in [6.45, 7) is 5.05. The van der Waals surface area contributed by atoms with Crippen molar-refractivity contribution in [3.05, 3.63) is 0 Å². The topological polar surface area (TPSA) is 78.5 Å². The van der Waals surface area contributed by atoms with E-state index < -0.39 is 17.9 Å². The van der Waals surface area contributed by atoms with E-state index in [1.54, 1.807) is 6.92 Å². The second kappa shape index (κ2) is 4.44. The molecular weight excluding hydrogens is 222 g/mol. The maximum Gasteiger partial charge on any atom is 0.249 e. The molecule has 2 aliphatic rings. The third-order valence-electron chi connectivity index (χ3n) is 3.54. The summed E-state index contributed by atoms with van der Waals surface area (Å²) in [6.07, 6.45) is 0. The highest BCUT2D eigenvalue weighted by atomic mass is 16.2. The van der Waals surface area contributed by atoms with Gasteiger partial charge in [-0.1, -0.05) is 6.92 Å². The van der Waals surface area contributed by atoms with E-state index in [0.717, 1.165) is 6.54 Å². The number of imide groups is 1. The van der Waals surface area contributed by atoms with Crippen LogP contribution in [0.4, 0.5) is 0 Å². The van der Waals surface area contributed by atoms with Crippen LogP contribution < -0.4 is 10.6 Å². The lowest BCUT2D eigenvalue weighted by Gasteiger charge is -2.34. The zero-order valence-corrected chi connectivity index (χ0v) is 10.0. The van der Waals surface area contributed by atoms with E-state index in [2.05, 4.69) is 10.6 Å². The molecule has 2 saturated heterocycles. The molecule has 6 heteroatoms. The molecule has 3 unspecified atom stereocenters. The molecule has 0 bridgehead atoms. The fourth-order valence-electron chi connectivity index (χ4n) is 2.34. The minimum atomic E-state index is -0.562. The van der Waals surface area contributed by atoms with Crippen LogP contribution in [0.1, 0.15) is 13.8 Å². The van der Waals surface area contributed by atoms with Crippen LogP contribution in [0.2, 0.25) is 0 Å². The molecular formula is C11H17N3O3. The highest BCUT2D eigenvalue weighted by Gasteiger charge is 2.39. The Balaban J connectivity index is 2.12. The molecule has 0 aromatic carbocycles. The molecule has 0 aliphatic carbocycles. The number of amides is 3. The van der Waals surface area contributed by atoms with Gasteiger partial charge in [-0.2, -0.15) is 0 Å². The monoisotopic (exact) mass is 239 g/mol. The maximum absolute atomic E-state index is 12.3. The van der Waals surface area contributed by atoms with Gasteiger partial charge in [0.25, 0.3) is 0 Å². The molecule has 94 valence electrons. The number of rotatable bonds is 1. The lowest BCUT2D eigenvalue weighted by Crippen LogP contribution is -2.60. The number of nitrogens with zero attached hydrogens (tertiary/aromatic N) is 1. The second-order valence-corrected chi connectivity index (χ2v) is 4.80. The molecule has 3 amide bonds. The van der Waals surface area contributed by atoms with Crippen LogP contribution in [-0.4, -0.2) is 48.3 Å². The quantitative estimate of drug-likeness (QED) is 0.558. The van der Waals surface area contributed by atoms with Crippen molar-refractivity contribution in [2.75, 3.05) is 19.6 Å². The van der Waals surface area contributed by atoms with Crippen LogP contribution >= 0.6 is 0 Å². The number of carbonyl (C=O) groups excluding carboxylic acids is 3. The maximum atomic E-state index is 12.3. The first kappa shape index (κ1) is 12.0. The van der Waals surface area contributed by atoms with Crippen molar-refractivity contribution >= 4 is 17.7 Å². The largest absolute Gasteiger partial charge is 0.321 e. The Morgan fingerprint density at radius 2 is 2.00 bits per heavy atom. The van der Waals surface area contributed by atoms with Crippen LogP contribution in [0.15, 0.2) is 0 Å². The Morgan fingerprint density at radius 3 is 2.59 bits per heavy atom. The molecule has 2 aliphatic heterocycles. The zero-order chi connectivity index (χ0) is 12.6. The number of carbonyl (C=O) groups is 3. The van der Waals surface area contributed by atoms with E-state index in [-0.39, 0.29) is 24.3 Å². The van der Waals surface area contributed by atoms with Gasteiger partial charge < -0.3 is 10.2 Å². The summed E-state index contributed by atoms with van der Waals surface area (Å²) in [5.41, 5.74) is 0. The van der Waals surface area contributed by atoms with E-state index in [1.807, 2.05) is 6.92 Å². The van der Waals surface area contributed by atoms with Gasteiger partial charge in [0.2, 0.25) is 17.7 Å². The van der Waals surface area contributed by atoms with E-state index >= 15 is 0 Å². The molecule has 0 aromatic rings. The van der Waals surface area contributed by atoms with Crippen molar-refractivity contribution in [1.29, 1.82) is 0 Å². The summed E-state index contributed by atoms with van der Waals surface area (Å²) in [6, 6.07) is -0.562. The fraction of sp³-hybridized carbons (Fsp3) is 0.727. The van der Waals surface area contributed by atoms with E-state index in [0.29, 0.717) is 6.54 Å². The van der Waals surface area contributed by atoms with Crippen LogP contribution in [0.5, 0.6) is 0 Å². The van der Waals surface area contributed by atoms with Crippen molar-refractivity contribution in [3.8, 4) is 0 Å². The van der Waals surface area contributed by atoms with Crippen molar-refractivity contribution in [3.63, 3.8) is 0 Å². The number of nitrogens with one attached hydrogen (secondary N) is 2. The molecule has 2 heterocycles. The first-order valence-corrected chi connectivity index (χ1v) is 5.85. The average molecular weight is 239 g/mol. The first-order chi connectivity index (χ1) is 8.00. The first-order valence-electron chi connectivity index (χ1n) is 5.85. The molecule has 0 aromatic heterocycles. The normalized spacial score (nSPS) is 33.8. The smallest absolute Gasteiger partial charge is 0.249 e. The van der Waals surface area contributed by atoms with Crippen LogP contribution in [0, 0.1) is 11.8 Å². The molecule has 6 nitrogen and oxygen atoms in total. The molecule has 0 spiro atoms. The van der Waals surface area contributed by atoms with Gasteiger partial charge in [-0.15, -0.1) is 0 Å². The van der Waals surface area contributed by atoms with Gasteiger partial charge in [0.05, 0.1) is 5.92 Å². The van der Waals surface area contributed by atoms with Crippen molar-refractivity contribution in [2.45, 2.75) is 19.9 Å². The summed E-state index contributed by atoms with van der Waals surface area (Å²) in [5.74, 6) is -0.780. The van der Waals surface area contributed by atoms with Crippen molar-refractivity contribution in [1.82, 2.24) is 15.5 Å². The van der Waals surface area contributed by atoms with Crippen LogP contribution in [0.3, 0.4) is 0 Å². The summed E-state index contributed by atoms with van der Waals surface area (Å²) in [7, 11) is 0. The van der Waals surface area contributed by atoms with Gasteiger partial charge in [-0.05, 0) is 19.4 Å². The van der Waals surface area contributed by atoms with Crippen LogP contribution in [0.25, 0.3) is 0 Å². The lowest BCUT2D eigenvalue weighted by molar-refractivity contribution is -0.151. The summed E-state index contributed by atoms with van der Waals surface area (Å²) < 4.78 is 0. The Kier molecular flexibility index (Phi) is 3.15. The SMILES string of the molecule is CC1CNCC1C(=O)N1CC(=O)NC(=O)C1C. The predicted molar refractivity (Wildman–Crippen MR) is 59.8 cm³/mol. The van der Waals surface area contributed by atoms with Gasteiger partial charge in [0.1, 0.15) is 12.6 Å². The standard InChI is InChI=1S/C11H17N3O3/c1-6-3-12-4-8(6)11(17)14-5-9(15)13-10(16)7(14)2/h6-8,12H,3-5H2,1-2H3,(H,13,15,16). The Bertz CT molecular complexity index is 369. The van der Waals surface area contributed by atoms with E-state index in [4.69, 9.17) is 0 Å². The highest BCUT2D eigenvalue weighted by Crippen LogP contribution is 2.20. The molecule has 3 atom stereocenters. The number of hydrogen-bond acceptors (Lipinski definition) is 4. The molecule has 17 heavy (non-hydrogen) atoms. The van der Waals surface area contributed by atoms with Gasteiger partial charge in [-0.25, -0.2) is 0 Å². The summed E-state index contributed by atoms with van der Waals surface area (Å²) >= 11 is 0. The summed E-state index contributed by atoms with van der Waals surface area (Å²) in [4.78, 5) is 36.4. The van der Waals surface area contributed by atoms with Gasteiger partial charge in [0, 0.05) is 6.54 Å². The van der Waals surface area contributed by atoms with Gasteiger partial charge in [0.15, 0.2) is 0 Å². The third-order valence-corrected chi connectivity index (χ3v) is 3.54. The minimum absolute atomic E-state index is 0.0189. The highest BCUT2D eigenvalue weighted by molar-refractivity contribution is 6.04. The molecule has 0 radical (unpaired) electrons. The van der Waals surface area contributed by atoms with Crippen molar-refractivity contribution in [2.24, 2.45) is 11.8 Å². The fourth-order valence-corrected chi connectivity index (χ4v) is 2.34. The van der Waals surface area contributed by atoms with Gasteiger partial charge in [-0.3, -0.25) is 19.7 Å². The lowest BCUT2D eigenvalue weighted by atomic mass is 9.95. The number of piperazine rings is 1. The predicted octanol–water partition coefficient (Wildman–Crippen LogP) is -1.28. The van der Waals surface area contributed by atoms with E-state index in [9.17, 15) is 14.4 Å². The molecule has 0 saturated carbocycles. The van der Waals surface area contributed by atoms with Crippen LogP contribution in [-0.2, 0) is 14.4 Å². The third kappa shape index (κ3) is 2.17. The molecule has 2 fully saturated rings.